The Kier molecular flexibility index (Phi) is 7.94. The van der Waals surface area contributed by atoms with Crippen molar-refractivity contribution in [3.63, 3.8) is 0 Å². The molecule has 0 spiro atoms. The number of amides is 2. The van der Waals surface area contributed by atoms with Crippen molar-refractivity contribution in [1.82, 2.24) is 14.4 Å². The fourth-order valence-corrected chi connectivity index (χ4v) is 4.20. The lowest BCUT2D eigenvalue weighted by molar-refractivity contribution is -0.142. The van der Waals surface area contributed by atoms with Crippen molar-refractivity contribution in [3.8, 4) is 0 Å². The highest BCUT2D eigenvalue weighted by Gasteiger charge is 2.45. The molecule has 5 nitrogen and oxygen atoms in total. The standard InChI is InChI=1S/C26H37N3O2/c1-5-6-15-28(26(31)24-16-23(24)21-11-8-7-9-12-21)19-25(30)29(17-20(2)3)18-22-13-10-14-27(22)4/h7-14,20,23-24H,5-6,15-19H2,1-4H3/t23-,24+/m0/s1. The van der Waals surface area contributed by atoms with Crippen LogP contribution in [0.4, 0.5) is 0 Å². The van der Waals surface area contributed by atoms with Gasteiger partial charge in [0.1, 0.15) is 0 Å². The average molecular weight is 424 g/mol. The molecule has 0 unspecified atom stereocenters. The molecule has 0 aliphatic heterocycles. The van der Waals surface area contributed by atoms with Gasteiger partial charge < -0.3 is 14.4 Å². The minimum absolute atomic E-state index is 0.0125. The first-order valence-electron chi connectivity index (χ1n) is 11.6. The first-order valence-corrected chi connectivity index (χ1v) is 11.6. The van der Waals surface area contributed by atoms with Crippen molar-refractivity contribution < 1.29 is 9.59 Å². The van der Waals surface area contributed by atoms with E-state index in [2.05, 4.69) is 43.5 Å². The van der Waals surface area contributed by atoms with E-state index in [-0.39, 0.29) is 24.3 Å². The Labute approximate surface area is 187 Å². The fraction of sp³-hybridized carbons (Fsp3) is 0.538. The van der Waals surface area contributed by atoms with Crippen molar-refractivity contribution >= 4 is 11.8 Å². The van der Waals surface area contributed by atoms with Crippen LogP contribution in [0.25, 0.3) is 0 Å². The van der Waals surface area contributed by atoms with Crippen LogP contribution in [0.15, 0.2) is 48.7 Å². The molecule has 1 fully saturated rings. The SMILES string of the molecule is CCCCN(CC(=O)N(Cc1cccn1C)CC(C)C)C(=O)[C@@H]1C[C@H]1c1ccccc1. The Morgan fingerprint density at radius 2 is 1.84 bits per heavy atom. The summed E-state index contributed by atoms with van der Waals surface area (Å²) in [6.45, 7) is 8.46. The molecule has 1 aromatic carbocycles. The highest BCUT2D eigenvalue weighted by molar-refractivity contribution is 5.88. The van der Waals surface area contributed by atoms with E-state index in [0.717, 1.165) is 25.0 Å². The van der Waals surface area contributed by atoms with E-state index in [1.165, 1.54) is 5.56 Å². The molecule has 0 saturated heterocycles. The molecule has 1 aliphatic rings. The molecule has 3 rings (SSSR count). The van der Waals surface area contributed by atoms with Gasteiger partial charge >= 0.3 is 0 Å². The zero-order valence-electron chi connectivity index (χ0n) is 19.5. The Hall–Kier alpha value is -2.56. The van der Waals surface area contributed by atoms with E-state index in [9.17, 15) is 9.59 Å². The molecule has 1 aromatic heterocycles. The molecule has 0 N–H and O–H groups in total. The van der Waals surface area contributed by atoms with Gasteiger partial charge in [0.25, 0.3) is 0 Å². The van der Waals surface area contributed by atoms with E-state index >= 15 is 0 Å². The Morgan fingerprint density at radius 1 is 1.10 bits per heavy atom. The molecule has 1 heterocycles. The van der Waals surface area contributed by atoms with E-state index in [0.29, 0.717) is 31.5 Å². The third-order valence-corrected chi connectivity index (χ3v) is 6.10. The van der Waals surface area contributed by atoms with Gasteiger partial charge in [-0.3, -0.25) is 9.59 Å². The van der Waals surface area contributed by atoms with Crippen LogP contribution in [-0.2, 0) is 23.2 Å². The molecule has 2 atom stereocenters. The van der Waals surface area contributed by atoms with Crippen molar-refractivity contribution in [1.29, 1.82) is 0 Å². The number of hydrogen-bond donors (Lipinski definition) is 0. The van der Waals surface area contributed by atoms with Gasteiger partial charge in [0.05, 0.1) is 13.1 Å². The first-order chi connectivity index (χ1) is 14.9. The van der Waals surface area contributed by atoms with Crippen LogP contribution in [0.1, 0.15) is 57.2 Å². The molecular weight excluding hydrogens is 386 g/mol. The summed E-state index contributed by atoms with van der Waals surface area (Å²) in [5.41, 5.74) is 2.33. The summed E-state index contributed by atoms with van der Waals surface area (Å²) >= 11 is 0. The van der Waals surface area contributed by atoms with Crippen molar-refractivity contribution in [2.24, 2.45) is 18.9 Å². The van der Waals surface area contributed by atoms with Gasteiger partial charge in [-0.2, -0.15) is 0 Å². The lowest BCUT2D eigenvalue weighted by Gasteiger charge is -2.29. The largest absolute Gasteiger partial charge is 0.353 e. The molecule has 0 radical (unpaired) electrons. The van der Waals surface area contributed by atoms with Gasteiger partial charge in [0.15, 0.2) is 0 Å². The van der Waals surface area contributed by atoms with Gasteiger partial charge in [0, 0.05) is 37.9 Å². The summed E-state index contributed by atoms with van der Waals surface area (Å²) in [5.74, 6) is 0.853. The highest BCUT2D eigenvalue weighted by Crippen LogP contribution is 2.48. The highest BCUT2D eigenvalue weighted by atomic mass is 16.2. The Balaban J connectivity index is 1.68. The number of nitrogens with zero attached hydrogens (tertiary/aromatic N) is 3. The minimum atomic E-state index is 0.0125. The monoisotopic (exact) mass is 423 g/mol. The molecule has 2 amide bonds. The van der Waals surface area contributed by atoms with Crippen molar-refractivity contribution in [2.45, 2.75) is 52.5 Å². The summed E-state index contributed by atoms with van der Waals surface area (Å²) in [6, 6.07) is 14.3. The van der Waals surface area contributed by atoms with Crippen LogP contribution in [0.2, 0.25) is 0 Å². The van der Waals surface area contributed by atoms with E-state index in [1.54, 1.807) is 0 Å². The van der Waals surface area contributed by atoms with Crippen LogP contribution < -0.4 is 0 Å². The molecule has 1 saturated carbocycles. The van der Waals surface area contributed by atoms with Gasteiger partial charge in [-0.1, -0.05) is 57.5 Å². The molecule has 5 heteroatoms. The van der Waals surface area contributed by atoms with Crippen LogP contribution in [0.5, 0.6) is 0 Å². The number of carbonyl (C=O) groups is 2. The van der Waals surface area contributed by atoms with Crippen LogP contribution in [0.3, 0.4) is 0 Å². The topological polar surface area (TPSA) is 45.6 Å². The maximum Gasteiger partial charge on any atom is 0.242 e. The van der Waals surface area contributed by atoms with Gasteiger partial charge in [0.2, 0.25) is 11.8 Å². The van der Waals surface area contributed by atoms with Crippen molar-refractivity contribution in [3.05, 3.63) is 59.9 Å². The number of unbranched alkanes of at least 4 members (excludes halogenated alkanes) is 1. The quantitative estimate of drug-likeness (QED) is 0.536. The summed E-state index contributed by atoms with van der Waals surface area (Å²) in [6.07, 6.45) is 4.81. The summed E-state index contributed by atoms with van der Waals surface area (Å²) < 4.78 is 2.05. The lowest BCUT2D eigenvalue weighted by atomic mass is 10.1. The molecular formula is C26H37N3O2. The zero-order valence-corrected chi connectivity index (χ0v) is 19.5. The van der Waals surface area contributed by atoms with Crippen molar-refractivity contribution in [2.75, 3.05) is 19.6 Å². The third-order valence-electron chi connectivity index (χ3n) is 6.10. The summed E-state index contributed by atoms with van der Waals surface area (Å²) in [5, 5.41) is 0. The second kappa shape index (κ2) is 10.7. The van der Waals surface area contributed by atoms with E-state index in [1.807, 2.05) is 47.3 Å². The summed E-state index contributed by atoms with van der Waals surface area (Å²) in [4.78, 5) is 30.3. The maximum absolute atomic E-state index is 13.3. The number of carbonyl (C=O) groups excluding carboxylic acids is 2. The Bertz CT molecular complexity index is 859. The van der Waals surface area contributed by atoms with Crippen LogP contribution in [0, 0.1) is 11.8 Å². The Morgan fingerprint density at radius 3 is 2.45 bits per heavy atom. The predicted octanol–water partition coefficient (Wildman–Crippen LogP) is 4.44. The second-order valence-electron chi connectivity index (χ2n) is 9.25. The van der Waals surface area contributed by atoms with E-state index < -0.39 is 0 Å². The number of aryl methyl sites for hydroxylation is 1. The molecule has 0 bridgehead atoms. The first kappa shape index (κ1) is 23.1. The molecule has 2 aromatic rings. The van der Waals surface area contributed by atoms with Crippen LogP contribution >= 0.6 is 0 Å². The number of benzene rings is 1. The number of hydrogen-bond acceptors (Lipinski definition) is 2. The third kappa shape index (κ3) is 6.22. The smallest absolute Gasteiger partial charge is 0.242 e. The fourth-order valence-electron chi connectivity index (χ4n) is 4.20. The van der Waals surface area contributed by atoms with Gasteiger partial charge in [-0.15, -0.1) is 0 Å². The van der Waals surface area contributed by atoms with Crippen LogP contribution in [-0.4, -0.2) is 45.8 Å². The van der Waals surface area contributed by atoms with Gasteiger partial charge in [-0.05, 0) is 42.4 Å². The predicted molar refractivity (Wildman–Crippen MR) is 124 cm³/mol. The normalized spacial score (nSPS) is 17.6. The minimum Gasteiger partial charge on any atom is -0.353 e. The van der Waals surface area contributed by atoms with E-state index in [4.69, 9.17) is 0 Å². The number of rotatable bonds is 11. The lowest BCUT2D eigenvalue weighted by Crippen LogP contribution is -2.45. The molecule has 168 valence electrons. The number of aromatic nitrogens is 1. The summed E-state index contributed by atoms with van der Waals surface area (Å²) in [7, 11) is 2.00. The average Bonchev–Trinajstić information content (AvgIpc) is 3.46. The maximum atomic E-state index is 13.3. The zero-order chi connectivity index (χ0) is 22.4. The van der Waals surface area contributed by atoms with Gasteiger partial charge in [-0.25, -0.2) is 0 Å². The second-order valence-corrected chi connectivity index (χ2v) is 9.25. The molecule has 31 heavy (non-hydrogen) atoms. The molecule has 1 aliphatic carbocycles.